The molecule has 11 heteroatoms. The highest BCUT2D eigenvalue weighted by atomic mass is 15.4. The van der Waals surface area contributed by atoms with Gasteiger partial charge in [0.25, 0.3) is 0 Å². The minimum absolute atomic E-state index is 0.295. The Bertz CT molecular complexity index is 1270. The number of nitriles is 2. The SMILES string of the molecule is CN(C)C(=NC#N)N1CCN([C@H]2C[C@](CC#N)(n3cc(-c4ncnc5[nH]ccc45)cn3)C2)CC1. The fourth-order valence-electron chi connectivity index (χ4n) is 5.23. The minimum Gasteiger partial charge on any atom is -0.348 e. The van der Waals surface area contributed by atoms with Crippen LogP contribution in [0.1, 0.15) is 19.3 Å². The average molecular weight is 458 g/mol. The maximum absolute atomic E-state index is 9.58. The van der Waals surface area contributed by atoms with Crippen molar-refractivity contribution in [3.05, 3.63) is 31.0 Å². The molecule has 1 saturated carbocycles. The Balaban J connectivity index is 1.28. The number of nitrogens with zero attached hydrogens (tertiary/aromatic N) is 10. The van der Waals surface area contributed by atoms with Gasteiger partial charge in [-0.1, -0.05) is 0 Å². The molecule has 0 amide bonds. The van der Waals surface area contributed by atoms with Crippen molar-refractivity contribution in [2.45, 2.75) is 30.8 Å². The number of aromatic amines is 1. The number of rotatable bonds is 4. The van der Waals surface area contributed by atoms with Gasteiger partial charge in [0.2, 0.25) is 12.2 Å². The van der Waals surface area contributed by atoms with E-state index in [-0.39, 0.29) is 5.54 Å². The fourth-order valence-corrected chi connectivity index (χ4v) is 5.23. The number of fused-ring (bicyclic) bond motifs is 1. The highest BCUT2D eigenvalue weighted by molar-refractivity contribution is 5.90. The van der Waals surface area contributed by atoms with Crippen molar-refractivity contribution in [1.29, 1.82) is 10.5 Å². The Morgan fingerprint density at radius 1 is 1.24 bits per heavy atom. The summed E-state index contributed by atoms with van der Waals surface area (Å²) in [4.78, 5) is 22.4. The van der Waals surface area contributed by atoms with E-state index in [4.69, 9.17) is 5.26 Å². The fraction of sp³-hybridized carbons (Fsp3) is 0.478. The first-order valence-corrected chi connectivity index (χ1v) is 11.4. The van der Waals surface area contributed by atoms with E-state index >= 15 is 0 Å². The second-order valence-corrected chi connectivity index (χ2v) is 9.19. The molecule has 1 aliphatic carbocycles. The molecular weight excluding hydrogens is 430 g/mol. The van der Waals surface area contributed by atoms with Crippen molar-refractivity contribution < 1.29 is 0 Å². The molecule has 0 spiro atoms. The summed E-state index contributed by atoms with van der Waals surface area (Å²) in [6.07, 6.45) is 11.4. The van der Waals surface area contributed by atoms with Gasteiger partial charge in [-0.3, -0.25) is 9.58 Å². The van der Waals surface area contributed by atoms with Gasteiger partial charge in [-0.2, -0.15) is 15.6 Å². The maximum Gasteiger partial charge on any atom is 0.212 e. The first-order chi connectivity index (χ1) is 16.5. The smallest absolute Gasteiger partial charge is 0.212 e. The molecule has 2 fully saturated rings. The highest BCUT2D eigenvalue weighted by Gasteiger charge is 2.49. The van der Waals surface area contributed by atoms with Gasteiger partial charge in [0.1, 0.15) is 12.0 Å². The van der Waals surface area contributed by atoms with E-state index < -0.39 is 0 Å². The summed E-state index contributed by atoms with van der Waals surface area (Å²) in [7, 11) is 3.82. The molecule has 1 N–H and O–H groups in total. The van der Waals surface area contributed by atoms with Crippen LogP contribution in [-0.2, 0) is 5.54 Å². The van der Waals surface area contributed by atoms with Gasteiger partial charge in [-0.15, -0.1) is 4.99 Å². The molecule has 0 unspecified atom stereocenters. The zero-order valence-electron chi connectivity index (χ0n) is 19.4. The lowest BCUT2D eigenvalue weighted by Gasteiger charge is -2.52. The normalized spacial score (nSPS) is 23.4. The molecule has 5 rings (SSSR count). The first kappa shape index (κ1) is 21.9. The molecule has 174 valence electrons. The van der Waals surface area contributed by atoms with Crippen LogP contribution < -0.4 is 0 Å². The summed E-state index contributed by atoms with van der Waals surface area (Å²) in [5.74, 6) is 0.708. The predicted molar refractivity (Wildman–Crippen MR) is 126 cm³/mol. The molecule has 0 aromatic carbocycles. The molecule has 3 aromatic heterocycles. The van der Waals surface area contributed by atoms with Crippen LogP contribution in [0.4, 0.5) is 0 Å². The molecule has 1 aliphatic heterocycles. The molecule has 0 atom stereocenters. The molecule has 2 aliphatic rings. The second-order valence-electron chi connectivity index (χ2n) is 9.19. The molecular formula is C23H27N11. The standard InChI is InChI=1S/C23H27N11/c1-31(2)22(27-15-25)33-9-7-32(8-10-33)18-11-23(12-18,4-5-24)34-14-17(13-30-34)20-19-3-6-26-21(19)29-16-28-20/h3,6,13-14,16,18H,4,7-12H2,1-2H3,(H,26,28,29)/t18-,23-. The van der Waals surface area contributed by atoms with Gasteiger partial charge in [0.05, 0.1) is 29.9 Å². The lowest BCUT2D eigenvalue weighted by Crippen LogP contribution is -2.61. The Morgan fingerprint density at radius 2 is 2.03 bits per heavy atom. The predicted octanol–water partition coefficient (Wildman–Crippen LogP) is 1.61. The number of piperazine rings is 1. The molecule has 3 aromatic rings. The van der Waals surface area contributed by atoms with Crippen molar-refractivity contribution in [2.24, 2.45) is 4.99 Å². The largest absolute Gasteiger partial charge is 0.348 e. The number of H-pyrrole nitrogens is 1. The van der Waals surface area contributed by atoms with Crippen LogP contribution >= 0.6 is 0 Å². The van der Waals surface area contributed by atoms with Crippen molar-refractivity contribution in [1.82, 2.24) is 39.4 Å². The minimum atomic E-state index is -0.295. The molecule has 1 saturated heterocycles. The summed E-state index contributed by atoms with van der Waals surface area (Å²) < 4.78 is 1.97. The zero-order chi connectivity index (χ0) is 23.7. The number of aliphatic imine (C=N–C) groups is 1. The average Bonchev–Trinajstić information content (AvgIpc) is 3.49. The van der Waals surface area contributed by atoms with Crippen LogP contribution in [0.25, 0.3) is 22.3 Å². The number of guanidine groups is 1. The summed E-state index contributed by atoms with van der Waals surface area (Å²) >= 11 is 0. The third-order valence-electron chi connectivity index (χ3n) is 7.00. The molecule has 34 heavy (non-hydrogen) atoms. The monoisotopic (exact) mass is 457 g/mol. The Hall–Kier alpha value is -3.96. The van der Waals surface area contributed by atoms with Crippen molar-refractivity contribution >= 4 is 17.0 Å². The topological polar surface area (TPSA) is 129 Å². The van der Waals surface area contributed by atoms with E-state index in [0.717, 1.165) is 61.3 Å². The highest BCUT2D eigenvalue weighted by Crippen LogP contribution is 2.45. The van der Waals surface area contributed by atoms with Crippen molar-refractivity contribution in [3.63, 3.8) is 0 Å². The third-order valence-corrected chi connectivity index (χ3v) is 7.00. The van der Waals surface area contributed by atoms with Crippen LogP contribution in [0.3, 0.4) is 0 Å². The quantitative estimate of drug-likeness (QED) is 0.355. The van der Waals surface area contributed by atoms with Crippen LogP contribution in [0.5, 0.6) is 0 Å². The van der Waals surface area contributed by atoms with Gasteiger partial charge in [0, 0.05) is 69.7 Å². The Kier molecular flexibility index (Phi) is 5.64. The molecule has 4 heterocycles. The second kappa shape index (κ2) is 8.76. The number of hydrogen-bond donors (Lipinski definition) is 1. The van der Waals surface area contributed by atoms with Gasteiger partial charge >= 0.3 is 0 Å². The molecule has 0 radical (unpaired) electrons. The first-order valence-electron chi connectivity index (χ1n) is 11.4. The Labute approximate surface area is 197 Å². The lowest BCUT2D eigenvalue weighted by atomic mass is 9.70. The summed E-state index contributed by atoms with van der Waals surface area (Å²) in [5, 5.41) is 24.2. The number of aromatic nitrogens is 5. The third kappa shape index (κ3) is 3.74. The summed E-state index contributed by atoms with van der Waals surface area (Å²) in [6, 6.07) is 4.76. The molecule has 0 bridgehead atoms. The van der Waals surface area contributed by atoms with E-state index in [9.17, 15) is 5.26 Å². The number of nitrogens with one attached hydrogen (secondary N) is 1. The molecule has 11 nitrogen and oxygen atoms in total. The van der Waals surface area contributed by atoms with Gasteiger partial charge in [0.15, 0.2) is 0 Å². The van der Waals surface area contributed by atoms with Crippen LogP contribution in [0, 0.1) is 22.8 Å². The van der Waals surface area contributed by atoms with E-state index in [0.29, 0.717) is 18.4 Å². The van der Waals surface area contributed by atoms with Crippen LogP contribution in [0.15, 0.2) is 36.0 Å². The number of hydrogen-bond acceptors (Lipinski definition) is 7. The van der Waals surface area contributed by atoms with Gasteiger partial charge < -0.3 is 14.8 Å². The van der Waals surface area contributed by atoms with E-state index in [2.05, 4.69) is 40.9 Å². The Morgan fingerprint density at radius 3 is 2.74 bits per heavy atom. The van der Waals surface area contributed by atoms with Crippen molar-refractivity contribution in [3.8, 4) is 23.5 Å². The summed E-state index contributed by atoms with van der Waals surface area (Å²) in [5.41, 5.74) is 2.27. The van der Waals surface area contributed by atoms with Crippen LogP contribution in [-0.4, -0.2) is 91.7 Å². The van der Waals surface area contributed by atoms with Gasteiger partial charge in [-0.05, 0) is 18.9 Å². The summed E-state index contributed by atoms with van der Waals surface area (Å²) in [6.45, 7) is 3.46. The maximum atomic E-state index is 9.58. The van der Waals surface area contributed by atoms with Crippen molar-refractivity contribution in [2.75, 3.05) is 40.3 Å². The van der Waals surface area contributed by atoms with Crippen LogP contribution in [0.2, 0.25) is 0 Å². The van der Waals surface area contributed by atoms with E-state index in [1.807, 2.05) is 54.5 Å². The van der Waals surface area contributed by atoms with Gasteiger partial charge in [-0.25, -0.2) is 9.97 Å². The zero-order valence-corrected chi connectivity index (χ0v) is 19.4. The lowest BCUT2D eigenvalue weighted by molar-refractivity contribution is -0.0111. The van der Waals surface area contributed by atoms with E-state index in [1.165, 1.54) is 0 Å². The van der Waals surface area contributed by atoms with E-state index in [1.54, 1.807) is 6.33 Å².